The summed E-state index contributed by atoms with van der Waals surface area (Å²) in [5.41, 5.74) is 4.16. The summed E-state index contributed by atoms with van der Waals surface area (Å²) in [6.45, 7) is 7.18. The number of amides is 1. The van der Waals surface area contributed by atoms with Crippen LogP contribution < -0.4 is 5.32 Å². The number of carbonyl (C=O) groups excluding carboxylic acids is 1. The first kappa shape index (κ1) is 18.4. The first-order valence-electron chi connectivity index (χ1n) is 8.41. The van der Waals surface area contributed by atoms with Gasteiger partial charge in [0.15, 0.2) is 0 Å². The van der Waals surface area contributed by atoms with Gasteiger partial charge in [-0.25, -0.2) is 0 Å². The standard InChI is InChI=1S/C21H20N2OS2/c1-3-15-5-7-17(8-6-15)14-23-20(24)19(26-21(23)25)13-16-9-11-18(12-10-16)22-4-2/h3,5-13,22H,1,4,14H2,2H3/b19-13+. The van der Waals surface area contributed by atoms with E-state index in [1.54, 1.807) is 11.0 Å². The zero-order chi connectivity index (χ0) is 18.5. The lowest BCUT2D eigenvalue weighted by Crippen LogP contribution is -2.27. The summed E-state index contributed by atoms with van der Waals surface area (Å²) in [4.78, 5) is 15.1. The molecule has 1 saturated heterocycles. The maximum absolute atomic E-state index is 12.7. The summed E-state index contributed by atoms with van der Waals surface area (Å²) in [7, 11) is 0. The van der Waals surface area contributed by atoms with Gasteiger partial charge in [-0.15, -0.1) is 0 Å². The molecule has 1 aliphatic rings. The van der Waals surface area contributed by atoms with E-state index in [2.05, 4.69) is 18.8 Å². The molecule has 3 nitrogen and oxygen atoms in total. The molecule has 1 aliphatic heterocycles. The quantitative estimate of drug-likeness (QED) is 0.554. The molecule has 132 valence electrons. The van der Waals surface area contributed by atoms with Gasteiger partial charge in [0, 0.05) is 12.2 Å². The second-order valence-electron chi connectivity index (χ2n) is 5.87. The van der Waals surface area contributed by atoms with Crippen molar-refractivity contribution >= 4 is 52.0 Å². The number of nitrogens with one attached hydrogen (secondary N) is 1. The van der Waals surface area contributed by atoms with E-state index in [4.69, 9.17) is 12.2 Å². The molecule has 0 aliphatic carbocycles. The lowest BCUT2D eigenvalue weighted by atomic mass is 10.1. The average molecular weight is 381 g/mol. The van der Waals surface area contributed by atoms with E-state index in [-0.39, 0.29) is 5.91 Å². The molecule has 0 aromatic heterocycles. The SMILES string of the molecule is C=Cc1ccc(CN2C(=O)/C(=C\c3ccc(NCC)cc3)SC2=S)cc1. The zero-order valence-corrected chi connectivity index (χ0v) is 16.2. The van der Waals surface area contributed by atoms with Crippen LogP contribution in [0.3, 0.4) is 0 Å². The van der Waals surface area contributed by atoms with Crippen molar-refractivity contribution in [3.8, 4) is 0 Å². The van der Waals surface area contributed by atoms with Crippen molar-refractivity contribution in [1.29, 1.82) is 0 Å². The molecule has 1 N–H and O–H groups in total. The highest BCUT2D eigenvalue weighted by Gasteiger charge is 2.31. The van der Waals surface area contributed by atoms with Gasteiger partial charge in [0.05, 0.1) is 11.4 Å². The van der Waals surface area contributed by atoms with Crippen molar-refractivity contribution in [2.45, 2.75) is 13.5 Å². The number of thiocarbonyl (C=S) groups is 1. The van der Waals surface area contributed by atoms with Crippen molar-refractivity contribution in [1.82, 2.24) is 4.90 Å². The van der Waals surface area contributed by atoms with E-state index in [1.165, 1.54) is 11.8 Å². The van der Waals surface area contributed by atoms with E-state index >= 15 is 0 Å². The Bertz CT molecular complexity index is 855. The van der Waals surface area contributed by atoms with E-state index in [1.807, 2.05) is 54.6 Å². The summed E-state index contributed by atoms with van der Waals surface area (Å²) < 4.78 is 0.596. The van der Waals surface area contributed by atoms with Crippen LogP contribution in [0.15, 0.2) is 60.0 Å². The molecule has 0 saturated carbocycles. The lowest BCUT2D eigenvalue weighted by Gasteiger charge is -2.14. The molecule has 0 bridgehead atoms. The maximum atomic E-state index is 12.7. The van der Waals surface area contributed by atoms with Crippen molar-refractivity contribution < 1.29 is 4.79 Å². The van der Waals surface area contributed by atoms with Crippen LogP contribution in [-0.4, -0.2) is 21.7 Å². The molecular formula is C21H20N2OS2. The highest BCUT2D eigenvalue weighted by Crippen LogP contribution is 2.33. The zero-order valence-electron chi connectivity index (χ0n) is 14.6. The van der Waals surface area contributed by atoms with E-state index in [0.717, 1.165) is 28.9 Å². The molecule has 1 heterocycles. The number of rotatable bonds is 6. The topological polar surface area (TPSA) is 32.3 Å². The van der Waals surface area contributed by atoms with E-state index in [9.17, 15) is 4.79 Å². The minimum Gasteiger partial charge on any atom is -0.385 e. The molecule has 0 unspecified atom stereocenters. The van der Waals surface area contributed by atoms with Gasteiger partial charge in [-0.05, 0) is 41.8 Å². The van der Waals surface area contributed by atoms with Gasteiger partial charge in [-0.2, -0.15) is 0 Å². The third kappa shape index (κ3) is 4.23. The monoisotopic (exact) mass is 380 g/mol. The summed E-state index contributed by atoms with van der Waals surface area (Å²) in [6, 6.07) is 16.0. The highest BCUT2D eigenvalue weighted by molar-refractivity contribution is 8.26. The third-order valence-corrected chi connectivity index (χ3v) is 5.40. The van der Waals surface area contributed by atoms with Gasteiger partial charge in [0.2, 0.25) is 0 Å². The Balaban J connectivity index is 1.73. The Morgan fingerprint density at radius 1 is 1.12 bits per heavy atom. The van der Waals surface area contributed by atoms with E-state index in [0.29, 0.717) is 15.8 Å². The minimum absolute atomic E-state index is 0.0384. The molecule has 5 heteroatoms. The Labute approximate surface area is 163 Å². The largest absolute Gasteiger partial charge is 0.385 e. The predicted octanol–water partition coefficient (Wildman–Crippen LogP) is 5.16. The van der Waals surface area contributed by atoms with Crippen LogP contribution in [0.5, 0.6) is 0 Å². The summed E-state index contributed by atoms with van der Waals surface area (Å²) in [5, 5.41) is 3.26. The molecular weight excluding hydrogens is 360 g/mol. The summed E-state index contributed by atoms with van der Waals surface area (Å²) in [5.74, 6) is -0.0384. The summed E-state index contributed by atoms with van der Waals surface area (Å²) in [6.07, 6.45) is 3.70. The fraction of sp³-hybridized carbons (Fsp3) is 0.143. The van der Waals surface area contributed by atoms with Crippen molar-refractivity contribution in [3.05, 3.63) is 76.7 Å². The van der Waals surface area contributed by atoms with Crippen LogP contribution in [0.1, 0.15) is 23.6 Å². The molecule has 1 amide bonds. The Hall–Kier alpha value is -2.37. The van der Waals surface area contributed by atoms with Gasteiger partial charge in [0.25, 0.3) is 5.91 Å². The predicted molar refractivity (Wildman–Crippen MR) is 116 cm³/mol. The molecule has 0 spiro atoms. The minimum atomic E-state index is -0.0384. The first-order valence-corrected chi connectivity index (χ1v) is 9.64. The van der Waals surface area contributed by atoms with Crippen LogP contribution in [0.25, 0.3) is 12.2 Å². The average Bonchev–Trinajstić information content (AvgIpc) is 2.91. The number of thioether (sulfide) groups is 1. The molecule has 1 fully saturated rings. The number of anilines is 1. The highest BCUT2D eigenvalue weighted by atomic mass is 32.2. The second kappa shape index (κ2) is 8.34. The lowest BCUT2D eigenvalue weighted by molar-refractivity contribution is -0.122. The van der Waals surface area contributed by atoms with Crippen molar-refractivity contribution in [3.63, 3.8) is 0 Å². The fourth-order valence-corrected chi connectivity index (χ4v) is 3.89. The smallest absolute Gasteiger partial charge is 0.266 e. The van der Waals surface area contributed by atoms with Gasteiger partial charge in [0.1, 0.15) is 4.32 Å². The normalized spacial score (nSPS) is 15.6. The number of hydrogen-bond acceptors (Lipinski definition) is 4. The third-order valence-electron chi connectivity index (χ3n) is 4.02. The first-order chi connectivity index (χ1) is 12.6. The number of nitrogens with zero attached hydrogens (tertiary/aromatic N) is 1. The Kier molecular flexibility index (Phi) is 5.91. The number of carbonyl (C=O) groups is 1. The molecule has 2 aromatic rings. The van der Waals surface area contributed by atoms with Gasteiger partial charge in [-0.3, -0.25) is 9.69 Å². The van der Waals surface area contributed by atoms with Gasteiger partial charge < -0.3 is 5.32 Å². The molecule has 26 heavy (non-hydrogen) atoms. The molecule has 3 rings (SSSR count). The molecule has 0 atom stereocenters. The molecule has 2 aromatic carbocycles. The number of hydrogen-bond donors (Lipinski definition) is 1. The van der Waals surface area contributed by atoms with Crippen molar-refractivity contribution in [2.75, 3.05) is 11.9 Å². The second-order valence-corrected chi connectivity index (χ2v) is 7.54. The summed E-state index contributed by atoms with van der Waals surface area (Å²) >= 11 is 6.77. The van der Waals surface area contributed by atoms with Crippen LogP contribution in [0, 0.1) is 0 Å². The fourth-order valence-electron chi connectivity index (χ4n) is 2.63. The maximum Gasteiger partial charge on any atom is 0.266 e. The van der Waals surface area contributed by atoms with Crippen LogP contribution in [0.4, 0.5) is 5.69 Å². The Morgan fingerprint density at radius 3 is 2.38 bits per heavy atom. The number of benzene rings is 2. The van der Waals surface area contributed by atoms with Gasteiger partial charge >= 0.3 is 0 Å². The van der Waals surface area contributed by atoms with Crippen LogP contribution >= 0.6 is 24.0 Å². The Morgan fingerprint density at radius 2 is 1.77 bits per heavy atom. The molecule has 0 radical (unpaired) electrons. The van der Waals surface area contributed by atoms with Crippen LogP contribution in [-0.2, 0) is 11.3 Å². The van der Waals surface area contributed by atoms with Crippen LogP contribution in [0.2, 0.25) is 0 Å². The van der Waals surface area contributed by atoms with E-state index < -0.39 is 0 Å². The van der Waals surface area contributed by atoms with Crippen molar-refractivity contribution in [2.24, 2.45) is 0 Å². The van der Waals surface area contributed by atoms with Gasteiger partial charge in [-0.1, -0.05) is 73.0 Å².